The third-order valence-electron chi connectivity index (χ3n) is 5.46. The van der Waals surface area contributed by atoms with Crippen molar-refractivity contribution in [1.82, 2.24) is 24.9 Å². The van der Waals surface area contributed by atoms with Crippen molar-refractivity contribution >= 4 is 11.7 Å². The van der Waals surface area contributed by atoms with Gasteiger partial charge in [-0.15, -0.1) is 0 Å². The van der Waals surface area contributed by atoms with Gasteiger partial charge in [0.05, 0.1) is 18.4 Å². The molecule has 2 N–H and O–H groups in total. The molecule has 1 aromatic carbocycles. The molecule has 0 unspecified atom stereocenters. The van der Waals surface area contributed by atoms with Gasteiger partial charge in [0.15, 0.2) is 6.04 Å². The number of carbonyl (C=O) groups is 1. The number of benzene rings is 1. The van der Waals surface area contributed by atoms with E-state index in [-0.39, 0.29) is 24.3 Å². The zero-order valence-electron chi connectivity index (χ0n) is 16.4. The van der Waals surface area contributed by atoms with Gasteiger partial charge >= 0.3 is 6.18 Å². The number of alkyl halides is 3. The topological polar surface area (TPSA) is 76.8 Å². The quantitative estimate of drug-likeness (QED) is 0.680. The van der Waals surface area contributed by atoms with Crippen LogP contribution in [0.5, 0.6) is 0 Å². The molecule has 0 saturated carbocycles. The molecule has 10 heteroatoms. The molecule has 3 heterocycles. The Morgan fingerprint density at radius 1 is 1.23 bits per heavy atom. The van der Waals surface area contributed by atoms with Gasteiger partial charge in [0, 0.05) is 31.3 Å². The summed E-state index contributed by atoms with van der Waals surface area (Å²) >= 11 is 0. The van der Waals surface area contributed by atoms with Crippen molar-refractivity contribution in [2.75, 3.05) is 5.32 Å². The smallest absolute Gasteiger partial charge is 0.363 e. The maximum absolute atomic E-state index is 13.7. The van der Waals surface area contributed by atoms with Crippen LogP contribution < -0.4 is 10.6 Å². The van der Waals surface area contributed by atoms with Crippen molar-refractivity contribution in [3.05, 3.63) is 65.1 Å². The molecule has 1 aliphatic heterocycles. The zero-order valence-corrected chi connectivity index (χ0v) is 16.4. The van der Waals surface area contributed by atoms with Gasteiger partial charge < -0.3 is 10.6 Å². The fourth-order valence-electron chi connectivity index (χ4n) is 3.62. The van der Waals surface area contributed by atoms with E-state index in [0.717, 1.165) is 21.5 Å². The Bertz CT molecular complexity index is 1060. The second kappa shape index (κ2) is 7.51. The van der Waals surface area contributed by atoms with Crippen LogP contribution >= 0.6 is 0 Å². The lowest BCUT2D eigenvalue weighted by atomic mass is 9.96. The molecule has 0 saturated heterocycles. The van der Waals surface area contributed by atoms with E-state index in [1.165, 1.54) is 6.20 Å². The number of fused-ring (bicyclic) bond motifs is 1. The van der Waals surface area contributed by atoms with E-state index in [0.29, 0.717) is 0 Å². The number of nitrogens with zero attached hydrogens (tertiary/aromatic N) is 4. The molecule has 1 aliphatic rings. The highest BCUT2D eigenvalue weighted by molar-refractivity contribution is 5.98. The molecule has 0 bridgehead atoms. The molecule has 1 amide bonds. The second-order valence-corrected chi connectivity index (χ2v) is 7.31. The predicted molar refractivity (Wildman–Crippen MR) is 104 cm³/mol. The minimum atomic E-state index is -4.49. The van der Waals surface area contributed by atoms with Gasteiger partial charge in [-0.2, -0.15) is 23.4 Å². The van der Waals surface area contributed by atoms with E-state index >= 15 is 0 Å². The Kier molecular flexibility index (Phi) is 5.00. The number of halogens is 3. The maximum atomic E-state index is 13.7. The number of hydrogen-bond donors (Lipinski definition) is 2. The van der Waals surface area contributed by atoms with Crippen LogP contribution in [-0.4, -0.2) is 31.6 Å². The number of anilines is 1. The van der Waals surface area contributed by atoms with E-state index in [4.69, 9.17) is 0 Å². The molecule has 158 valence electrons. The minimum absolute atomic E-state index is 0.0674. The van der Waals surface area contributed by atoms with Gasteiger partial charge in [-0.25, -0.2) is 4.68 Å². The fourth-order valence-corrected chi connectivity index (χ4v) is 3.62. The van der Waals surface area contributed by atoms with Gasteiger partial charge in [-0.1, -0.05) is 30.3 Å². The molecular formula is C20H21F3N6O. The third-order valence-corrected chi connectivity index (χ3v) is 5.46. The minimum Gasteiger partial charge on any atom is -0.363 e. The van der Waals surface area contributed by atoms with Gasteiger partial charge in [0.2, 0.25) is 0 Å². The van der Waals surface area contributed by atoms with E-state index < -0.39 is 24.2 Å². The van der Waals surface area contributed by atoms with E-state index in [1.54, 1.807) is 48.3 Å². The van der Waals surface area contributed by atoms with Crippen LogP contribution in [0.4, 0.5) is 19.0 Å². The molecular weight excluding hydrogens is 397 g/mol. The summed E-state index contributed by atoms with van der Waals surface area (Å²) in [6.45, 7) is 2.09. The number of aromatic nitrogens is 4. The van der Waals surface area contributed by atoms with Gasteiger partial charge in [0.25, 0.3) is 5.91 Å². The highest BCUT2D eigenvalue weighted by Gasteiger charge is 2.47. The van der Waals surface area contributed by atoms with E-state index in [2.05, 4.69) is 20.8 Å². The summed E-state index contributed by atoms with van der Waals surface area (Å²) in [5.74, 6) is -0.431. The largest absolute Gasteiger partial charge is 0.410 e. The molecule has 0 radical (unpaired) electrons. The first-order chi connectivity index (χ1) is 14.3. The SMILES string of the molecule is Cc1c(CNC(=O)c2cnn3c2N[C@@H](c2ccccc2)C[C@H]3C(F)(F)F)cnn1C. The molecule has 0 fully saturated rings. The van der Waals surface area contributed by atoms with Gasteiger partial charge in [0.1, 0.15) is 11.4 Å². The fraction of sp³-hybridized carbons (Fsp3) is 0.350. The average molecular weight is 418 g/mol. The number of carbonyl (C=O) groups excluding carboxylic acids is 1. The molecule has 0 spiro atoms. The summed E-state index contributed by atoms with van der Waals surface area (Å²) in [7, 11) is 1.79. The summed E-state index contributed by atoms with van der Waals surface area (Å²) in [6, 6.07) is 6.47. The van der Waals surface area contributed by atoms with E-state index in [9.17, 15) is 18.0 Å². The second-order valence-electron chi connectivity index (χ2n) is 7.31. The Balaban J connectivity index is 1.62. The first-order valence-corrected chi connectivity index (χ1v) is 9.47. The normalized spacial score (nSPS) is 18.6. The summed E-state index contributed by atoms with van der Waals surface area (Å²) in [6.07, 6.45) is -1.87. The maximum Gasteiger partial charge on any atom is 0.410 e. The Morgan fingerprint density at radius 2 is 1.97 bits per heavy atom. The van der Waals surface area contributed by atoms with Crippen LogP contribution in [0.3, 0.4) is 0 Å². The molecule has 3 aromatic rings. The Hall–Kier alpha value is -3.30. The van der Waals surface area contributed by atoms with Crippen LogP contribution in [0.1, 0.15) is 45.7 Å². The number of rotatable bonds is 4. The summed E-state index contributed by atoms with van der Waals surface area (Å²) in [4.78, 5) is 12.8. The zero-order chi connectivity index (χ0) is 21.5. The molecule has 30 heavy (non-hydrogen) atoms. The summed E-state index contributed by atoms with van der Waals surface area (Å²) < 4.78 is 43.8. The molecule has 2 atom stereocenters. The number of aryl methyl sites for hydroxylation is 1. The Labute approximate surface area is 170 Å². The molecule has 2 aromatic heterocycles. The van der Waals surface area contributed by atoms with Crippen molar-refractivity contribution in [3.8, 4) is 0 Å². The lowest BCUT2D eigenvalue weighted by molar-refractivity contribution is -0.173. The van der Waals surface area contributed by atoms with Crippen molar-refractivity contribution in [2.24, 2.45) is 7.05 Å². The average Bonchev–Trinajstić information content (AvgIpc) is 3.29. The van der Waals surface area contributed by atoms with Crippen molar-refractivity contribution in [2.45, 2.75) is 38.1 Å². The standard InChI is InChI=1S/C20H21F3N6O/c1-12-14(10-25-28(12)2)9-24-19(30)15-11-26-29-17(20(21,22)23)8-16(27-18(15)29)13-6-4-3-5-7-13/h3-7,10-11,16-17,27H,8-9H2,1-2H3,(H,24,30)/t16-,17+/m1/s1. The highest BCUT2D eigenvalue weighted by Crippen LogP contribution is 2.44. The molecule has 4 rings (SSSR count). The molecule has 0 aliphatic carbocycles. The first kappa shape index (κ1) is 20.0. The Morgan fingerprint density at radius 3 is 2.60 bits per heavy atom. The van der Waals surface area contributed by atoms with Crippen LogP contribution in [0, 0.1) is 6.92 Å². The highest BCUT2D eigenvalue weighted by atomic mass is 19.4. The van der Waals surface area contributed by atoms with Gasteiger partial charge in [-0.05, 0) is 12.5 Å². The lowest BCUT2D eigenvalue weighted by Crippen LogP contribution is -2.36. The van der Waals surface area contributed by atoms with Crippen LogP contribution in [0.2, 0.25) is 0 Å². The van der Waals surface area contributed by atoms with E-state index in [1.807, 2.05) is 6.92 Å². The lowest BCUT2D eigenvalue weighted by Gasteiger charge is -2.34. The van der Waals surface area contributed by atoms with Gasteiger partial charge in [-0.3, -0.25) is 9.48 Å². The number of nitrogens with one attached hydrogen (secondary N) is 2. The summed E-state index contributed by atoms with van der Waals surface area (Å²) in [5.41, 5.74) is 2.52. The van der Waals surface area contributed by atoms with Crippen molar-refractivity contribution in [1.29, 1.82) is 0 Å². The third kappa shape index (κ3) is 3.64. The predicted octanol–water partition coefficient (Wildman–Crippen LogP) is 3.52. The monoisotopic (exact) mass is 418 g/mol. The van der Waals surface area contributed by atoms with Crippen LogP contribution in [0.15, 0.2) is 42.7 Å². The van der Waals surface area contributed by atoms with Crippen LogP contribution in [-0.2, 0) is 13.6 Å². The number of hydrogen-bond acceptors (Lipinski definition) is 4. The van der Waals surface area contributed by atoms with Crippen molar-refractivity contribution in [3.63, 3.8) is 0 Å². The molecule has 7 nitrogen and oxygen atoms in total. The number of amides is 1. The van der Waals surface area contributed by atoms with Crippen LogP contribution in [0.25, 0.3) is 0 Å². The first-order valence-electron chi connectivity index (χ1n) is 9.47. The summed E-state index contributed by atoms with van der Waals surface area (Å²) in [5, 5.41) is 13.8. The van der Waals surface area contributed by atoms with Crippen molar-refractivity contribution < 1.29 is 18.0 Å².